The van der Waals surface area contributed by atoms with Crippen LogP contribution in [0.5, 0.6) is 0 Å². The third-order valence-electron chi connectivity index (χ3n) is 5.78. The third-order valence-corrected chi connectivity index (χ3v) is 6.95. The summed E-state index contributed by atoms with van der Waals surface area (Å²) in [6.07, 6.45) is 3.01. The van der Waals surface area contributed by atoms with E-state index in [1.54, 1.807) is 23.5 Å². The maximum atomic E-state index is 13.4. The minimum absolute atomic E-state index is 0.0727. The lowest BCUT2D eigenvalue weighted by molar-refractivity contribution is 0.0664. The van der Waals surface area contributed by atoms with Crippen LogP contribution in [-0.4, -0.2) is 54.8 Å². The lowest BCUT2D eigenvalue weighted by atomic mass is 9.88. The summed E-state index contributed by atoms with van der Waals surface area (Å²) in [6, 6.07) is 9.20. The molecule has 0 spiro atoms. The molecule has 2 aromatic rings. The molecule has 1 atom stereocenters. The van der Waals surface area contributed by atoms with E-state index in [-0.39, 0.29) is 11.8 Å². The maximum absolute atomic E-state index is 13.4. The molecule has 28 heavy (non-hydrogen) atoms. The standard InChI is InChI=1S/C22H27N3O2S/c1-15-8-9-17-18(14-15)28-21(23-20(26)16-6-4-3-5-7-16)19(17)22(27)25-12-10-24(2)11-13-25/h3-7,15H,8-14H2,1-2H3,(H,23,26). The quantitative estimate of drug-likeness (QED) is 0.862. The number of hydrogen-bond acceptors (Lipinski definition) is 4. The van der Waals surface area contributed by atoms with Gasteiger partial charge in [-0.15, -0.1) is 11.3 Å². The van der Waals surface area contributed by atoms with E-state index in [4.69, 9.17) is 0 Å². The van der Waals surface area contributed by atoms with Crippen molar-refractivity contribution in [3.63, 3.8) is 0 Å². The number of piperazine rings is 1. The first kappa shape index (κ1) is 19.2. The summed E-state index contributed by atoms with van der Waals surface area (Å²) in [4.78, 5) is 31.6. The van der Waals surface area contributed by atoms with E-state index in [1.807, 2.05) is 23.1 Å². The summed E-state index contributed by atoms with van der Waals surface area (Å²) in [5.74, 6) is 0.540. The number of thiophene rings is 1. The zero-order chi connectivity index (χ0) is 19.7. The van der Waals surface area contributed by atoms with Crippen LogP contribution >= 0.6 is 11.3 Å². The molecular formula is C22H27N3O2S. The highest BCUT2D eigenvalue weighted by Gasteiger charge is 2.31. The van der Waals surface area contributed by atoms with Crippen LogP contribution in [-0.2, 0) is 12.8 Å². The van der Waals surface area contributed by atoms with Crippen LogP contribution in [0, 0.1) is 5.92 Å². The number of rotatable bonds is 3. The number of benzene rings is 1. The van der Waals surface area contributed by atoms with Crippen molar-refractivity contribution < 1.29 is 9.59 Å². The molecule has 1 unspecified atom stereocenters. The van der Waals surface area contributed by atoms with Crippen molar-refractivity contribution in [2.75, 3.05) is 38.5 Å². The van der Waals surface area contributed by atoms with Gasteiger partial charge in [0.15, 0.2) is 0 Å². The number of likely N-dealkylation sites (N-methyl/N-ethyl adjacent to an activating group) is 1. The third kappa shape index (κ3) is 3.84. The van der Waals surface area contributed by atoms with Crippen LogP contribution in [0.15, 0.2) is 30.3 Å². The summed E-state index contributed by atoms with van der Waals surface area (Å²) in [6.45, 7) is 5.51. The Morgan fingerprint density at radius 1 is 1.11 bits per heavy atom. The van der Waals surface area contributed by atoms with Crippen LogP contribution in [0.2, 0.25) is 0 Å². The Hall–Kier alpha value is -2.18. The Balaban J connectivity index is 1.65. The Kier molecular flexibility index (Phi) is 5.51. The van der Waals surface area contributed by atoms with Gasteiger partial charge in [-0.05, 0) is 49.9 Å². The monoisotopic (exact) mass is 397 g/mol. The SMILES string of the molecule is CC1CCc2c(sc(NC(=O)c3ccccc3)c2C(=O)N2CCN(C)CC2)C1. The van der Waals surface area contributed by atoms with Gasteiger partial charge >= 0.3 is 0 Å². The second kappa shape index (κ2) is 8.05. The molecule has 1 fully saturated rings. The zero-order valence-electron chi connectivity index (χ0n) is 16.5. The highest BCUT2D eigenvalue weighted by atomic mass is 32.1. The fraction of sp³-hybridized carbons (Fsp3) is 0.455. The normalized spacial score (nSPS) is 19.9. The Labute approximate surface area is 170 Å². The summed E-state index contributed by atoms with van der Waals surface area (Å²) in [5.41, 5.74) is 2.51. The number of anilines is 1. The van der Waals surface area contributed by atoms with Crippen LogP contribution in [0.3, 0.4) is 0 Å². The molecule has 0 saturated carbocycles. The fourth-order valence-corrected chi connectivity index (χ4v) is 5.40. The van der Waals surface area contributed by atoms with E-state index in [2.05, 4.69) is 24.2 Å². The van der Waals surface area contributed by atoms with E-state index in [0.29, 0.717) is 11.5 Å². The van der Waals surface area contributed by atoms with E-state index >= 15 is 0 Å². The molecule has 2 heterocycles. The van der Waals surface area contributed by atoms with Crippen molar-refractivity contribution in [3.8, 4) is 0 Å². The number of nitrogens with zero attached hydrogens (tertiary/aromatic N) is 2. The summed E-state index contributed by atoms with van der Waals surface area (Å²) in [7, 11) is 2.08. The molecule has 0 bridgehead atoms. The van der Waals surface area contributed by atoms with E-state index < -0.39 is 0 Å². The molecule has 2 amide bonds. The molecule has 1 aliphatic heterocycles. The molecule has 1 N–H and O–H groups in total. The first-order valence-electron chi connectivity index (χ1n) is 10.0. The molecular weight excluding hydrogens is 370 g/mol. The van der Waals surface area contributed by atoms with Gasteiger partial charge in [0.2, 0.25) is 0 Å². The van der Waals surface area contributed by atoms with E-state index in [9.17, 15) is 9.59 Å². The molecule has 6 heteroatoms. The maximum Gasteiger partial charge on any atom is 0.257 e. The van der Waals surface area contributed by atoms with Gasteiger partial charge in [-0.2, -0.15) is 0 Å². The van der Waals surface area contributed by atoms with Crippen molar-refractivity contribution in [3.05, 3.63) is 51.9 Å². The summed E-state index contributed by atoms with van der Waals surface area (Å²) < 4.78 is 0. The van der Waals surface area contributed by atoms with Gasteiger partial charge in [0.25, 0.3) is 11.8 Å². The average molecular weight is 398 g/mol. The molecule has 2 aliphatic rings. The van der Waals surface area contributed by atoms with E-state index in [0.717, 1.165) is 61.6 Å². The lowest BCUT2D eigenvalue weighted by Gasteiger charge is -2.33. The van der Waals surface area contributed by atoms with Gasteiger partial charge in [-0.1, -0.05) is 25.1 Å². The van der Waals surface area contributed by atoms with Crippen molar-refractivity contribution >= 4 is 28.2 Å². The number of carbonyl (C=O) groups is 2. The minimum atomic E-state index is -0.153. The molecule has 1 saturated heterocycles. The van der Waals surface area contributed by atoms with E-state index in [1.165, 1.54) is 4.88 Å². The Morgan fingerprint density at radius 2 is 1.82 bits per heavy atom. The summed E-state index contributed by atoms with van der Waals surface area (Å²) >= 11 is 1.59. The fourth-order valence-electron chi connectivity index (χ4n) is 4.00. The molecule has 0 radical (unpaired) electrons. The highest BCUT2D eigenvalue weighted by molar-refractivity contribution is 7.17. The smallest absolute Gasteiger partial charge is 0.257 e. The number of hydrogen-bond donors (Lipinski definition) is 1. The van der Waals surface area contributed by atoms with Gasteiger partial charge in [-0.3, -0.25) is 9.59 Å². The lowest BCUT2D eigenvalue weighted by Crippen LogP contribution is -2.47. The number of fused-ring (bicyclic) bond motifs is 1. The van der Waals surface area contributed by atoms with Gasteiger partial charge < -0.3 is 15.1 Å². The largest absolute Gasteiger partial charge is 0.336 e. The zero-order valence-corrected chi connectivity index (χ0v) is 17.3. The van der Waals surface area contributed by atoms with Gasteiger partial charge in [0, 0.05) is 36.6 Å². The van der Waals surface area contributed by atoms with Crippen LogP contribution in [0.4, 0.5) is 5.00 Å². The van der Waals surface area contributed by atoms with Crippen molar-refractivity contribution in [2.45, 2.75) is 26.2 Å². The first-order valence-corrected chi connectivity index (χ1v) is 10.8. The van der Waals surface area contributed by atoms with Gasteiger partial charge in [0.1, 0.15) is 5.00 Å². The minimum Gasteiger partial charge on any atom is -0.336 e. The Bertz CT molecular complexity index is 869. The number of amides is 2. The molecule has 1 aromatic carbocycles. The number of nitrogens with one attached hydrogen (secondary N) is 1. The predicted octanol–water partition coefficient (Wildman–Crippen LogP) is 3.51. The Morgan fingerprint density at radius 3 is 2.54 bits per heavy atom. The topological polar surface area (TPSA) is 52.7 Å². The number of carbonyl (C=O) groups excluding carboxylic acids is 2. The van der Waals surface area contributed by atoms with Crippen molar-refractivity contribution in [2.24, 2.45) is 5.92 Å². The molecule has 4 rings (SSSR count). The van der Waals surface area contributed by atoms with Crippen molar-refractivity contribution in [1.29, 1.82) is 0 Å². The van der Waals surface area contributed by atoms with Gasteiger partial charge in [-0.25, -0.2) is 0 Å². The second-order valence-corrected chi connectivity index (χ2v) is 9.08. The molecule has 5 nitrogen and oxygen atoms in total. The first-order chi connectivity index (χ1) is 13.5. The van der Waals surface area contributed by atoms with Crippen LogP contribution in [0.25, 0.3) is 0 Å². The van der Waals surface area contributed by atoms with Crippen LogP contribution in [0.1, 0.15) is 44.5 Å². The average Bonchev–Trinajstić information content (AvgIpc) is 3.05. The molecule has 1 aliphatic carbocycles. The summed E-state index contributed by atoms with van der Waals surface area (Å²) in [5, 5.41) is 3.77. The second-order valence-electron chi connectivity index (χ2n) is 7.97. The molecule has 148 valence electrons. The van der Waals surface area contributed by atoms with Crippen LogP contribution < -0.4 is 5.32 Å². The van der Waals surface area contributed by atoms with Crippen molar-refractivity contribution in [1.82, 2.24) is 9.80 Å². The predicted molar refractivity (Wildman–Crippen MR) is 113 cm³/mol. The molecule has 1 aromatic heterocycles. The van der Waals surface area contributed by atoms with Gasteiger partial charge in [0.05, 0.1) is 5.56 Å². The highest BCUT2D eigenvalue weighted by Crippen LogP contribution is 2.40.